The van der Waals surface area contributed by atoms with Crippen molar-refractivity contribution in [1.29, 1.82) is 0 Å². The van der Waals surface area contributed by atoms with Crippen LogP contribution in [0, 0.1) is 0 Å². The molecule has 3 N–H and O–H groups in total. The number of carbonyl (C=O) groups excluding carboxylic acids is 1. The Kier molecular flexibility index (Phi) is 5.10. The number of carbonyl (C=O) groups is 1. The van der Waals surface area contributed by atoms with E-state index in [4.69, 9.17) is 9.47 Å². The van der Waals surface area contributed by atoms with Gasteiger partial charge in [0.2, 0.25) is 5.78 Å². The average Bonchev–Trinajstić information content (AvgIpc) is 2.63. The molecule has 0 spiro atoms. The van der Waals surface area contributed by atoms with Crippen molar-refractivity contribution in [3.8, 4) is 23.0 Å². The summed E-state index contributed by atoms with van der Waals surface area (Å²) in [4.78, 5) is 12.9. The van der Waals surface area contributed by atoms with Crippen LogP contribution in [0.4, 0.5) is 0 Å². The van der Waals surface area contributed by atoms with E-state index in [-0.39, 0.29) is 28.6 Å². The van der Waals surface area contributed by atoms with Crippen molar-refractivity contribution in [3.05, 3.63) is 58.7 Å². The Bertz CT molecular complexity index is 894. The molecular weight excluding hydrogens is 348 g/mol. The number of Topliss-reactive ketones (excluding diaryl/α,β-unsaturated/α-hetero) is 1. The Morgan fingerprint density at radius 2 is 1.89 bits per heavy atom. The highest BCUT2D eigenvalue weighted by Gasteiger charge is 2.40. The van der Waals surface area contributed by atoms with E-state index in [0.717, 1.165) is 5.57 Å². The molecule has 0 bridgehead atoms. The van der Waals surface area contributed by atoms with Crippen molar-refractivity contribution in [2.75, 3.05) is 7.11 Å². The first-order chi connectivity index (χ1) is 12.8. The van der Waals surface area contributed by atoms with Crippen LogP contribution in [0.15, 0.2) is 42.0 Å². The maximum absolute atomic E-state index is 12.9. The molecule has 3 rings (SSSR count). The van der Waals surface area contributed by atoms with Gasteiger partial charge in [0.15, 0.2) is 12.2 Å². The van der Waals surface area contributed by atoms with Crippen LogP contribution < -0.4 is 9.47 Å². The molecule has 1 aliphatic heterocycles. The number of benzene rings is 2. The third-order valence-electron chi connectivity index (χ3n) is 4.53. The number of aliphatic hydroxyl groups excluding tert-OH is 1. The van der Waals surface area contributed by atoms with Gasteiger partial charge in [0.1, 0.15) is 28.6 Å². The molecule has 0 aromatic heterocycles. The van der Waals surface area contributed by atoms with E-state index in [1.807, 2.05) is 19.9 Å². The van der Waals surface area contributed by atoms with Crippen LogP contribution in [0.3, 0.4) is 0 Å². The standard InChI is InChI=1S/C21H22O6/c1-11(2)4-9-14-15(23)10-16(26-3)17-18(24)19(25)20(27-21(14)17)12-5-7-13(22)8-6-12/h4-8,10,19-20,22-23,25H,9H2,1-3H3. The SMILES string of the molecule is COc1cc(O)c(CC=C(C)C)c2c1C(=O)C(O)C(c1ccc(O)cc1)O2. The topological polar surface area (TPSA) is 96.2 Å². The molecule has 0 aliphatic carbocycles. The molecule has 0 saturated heterocycles. The molecule has 0 saturated carbocycles. The van der Waals surface area contributed by atoms with Crippen LogP contribution in [-0.4, -0.2) is 34.3 Å². The maximum atomic E-state index is 12.9. The lowest BCUT2D eigenvalue weighted by atomic mass is 9.90. The summed E-state index contributed by atoms with van der Waals surface area (Å²) in [7, 11) is 1.39. The van der Waals surface area contributed by atoms with Crippen LogP contribution in [0.1, 0.15) is 41.4 Å². The van der Waals surface area contributed by atoms with Gasteiger partial charge in [0.25, 0.3) is 0 Å². The molecule has 27 heavy (non-hydrogen) atoms. The van der Waals surface area contributed by atoms with Crippen molar-refractivity contribution in [3.63, 3.8) is 0 Å². The lowest BCUT2D eigenvalue weighted by Crippen LogP contribution is -2.37. The highest BCUT2D eigenvalue weighted by molar-refractivity contribution is 6.06. The van der Waals surface area contributed by atoms with Crippen molar-refractivity contribution < 1.29 is 29.6 Å². The molecule has 2 unspecified atom stereocenters. The smallest absolute Gasteiger partial charge is 0.202 e. The van der Waals surface area contributed by atoms with Gasteiger partial charge in [0, 0.05) is 11.6 Å². The normalized spacial score (nSPS) is 18.4. The molecular formula is C21H22O6. The van der Waals surface area contributed by atoms with Crippen LogP contribution >= 0.6 is 0 Å². The van der Waals surface area contributed by atoms with Gasteiger partial charge < -0.3 is 24.8 Å². The van der Waals surface area contributed by atoms with Crippen LogP contribution in [0.5, 0.6) is 23.0 Å². The summed E-state index contributed by atoms with van der Waals surface area (Å²) in [5.74, 6) is -0.157. The van der Waals surface area contributed by atoms with Gasteiger partial charge in [-0.2, -0.15) is 0 Å². The Morgan fingerprint density at radius 3 is 2.48 bits per heavy atom. The summed E-state index contributed by atoms with van der Waals surface area (Å²) in [6.07, 6.45) is -0.109. The van der Waals surface area contributed by atoms with E-state index in [2.05, 4.69) is 0 Å². The van der Waals surface area contributed by atoms with Gasteiger partial charge in [-0.25, -0.2) is 0 Å². The first kappa shape index (κ1) is 18.8. The highest BCUT2D eigenvalue weighted by Crippen LogP contribution is 2.46. The van der Waals surface area contributed by atoms with Crippen molar-refractivity contribution in [1.82, 2.24) is 0 Å². The molecule has 1 heterocycles. The molecule has 0 radical (unpaired) electrons. The Morgan fingerprint density at radius 1 is 1.22 bits per heavy atom. The third-order valence-corrected chi connectivity index (χ3v) is 4.53. The third kappa shape index (κ3) is 3.48. The number of hydrogen-bond acceptors (Lipinski definition) is 6. The van der Waals surface area contributed by atoms with Gasteiger partial charge in [0.05, 0.1) is 7.11 Å². The molecule has 2 aromatic rings. The number of ketones is 1. The largest absolute Gasteiger partial charge is 0.508 e. The number of phenols is 2. The number of allylic oxidation sites excluding steroid dienone is 2. The monoisotopic (exact) mass is 370 g/mol. The first-order valence-electron chi connectivity index (χ1n) is 8.57. The van der Waals surface area contributed by atoms with Crippen molar-refractivity contribution in [2.24, 2.45) is 0 Å². The minimum atomic E-state index is -1.43. The molecule has 0 fully saturated rings. The minimum Gasteiger partial charge on any atom is -0.508 e. The fourth-order valence-electron chi connectivity index (χ4n) is 3.08. The number of hydrogen-bond donors (Lipinski definition) is 3. The zero-order valence-electron chi connectivity index (χ0n) is 15.4. The number of ether oxygens (including phenoxy) is 2. The van der Waals surface area contributed by atoms with Gasteiger partial charge in [-0.3, -0.25) is 4.79 Å². The lowest BCUT2D eigenvalue weighted by molar-refractivity contribution is 0.0206. The van der Waals surface area contributed by atoms with Crippen LogP contribution in [0.25, 0.3) is 0 Å². The zero-order valence-corrected chi connectivity index (χ0v) is 15.4. The number of phenolic OH excluding ortho intramolecular Hbond substituents is 2. The summed E-state index contributed by atoms with van der Waals surface area (Å²) in [5.41, 5.74) is 2.16. The summed E-state index contributed by atoms with van der Waals surface area (Å²) in [6.45, 7) is 3.87. The fraction of sp³-hybridized carbons (Fsp3) is 0.286. The van der Waals surface area contributed by atoms with E-state index in [1.54, 1.807) is 12.1 Å². The summed E-state index contributed by atoms with van der Waals surface area (Å²) in [5, 5.41) is 30.5. The highest BCUT2D eigenvalue weighted by atomic mass is 16.5. The van der Waals surface area contributed by atoms with E-state index >= 15 is 0 Å². The van der Waals surface area contributed by atoms with E-state index in [9.17, 15) is 20.1 Å². The second-order valence-electron chi connectivity index (χ2n) is 6.71. The second-order valence-corrected chi connectivity index (χ2v) is 6.71. The molecule has 2 aromatic carbocycles. The average molecular weight is 370 g/mol. The van der Waals surface area contributed by atoms with E-state index < -0.39 is 18.0 Å². The Labute approximate surface area is 157 Å². The minimum absolute atomic E-state index is 0.0447. The number of aliphatic hydroxyl groups is 1. The molecule has 6 nitrogen and oxygen atoms in total. The van der Waals surface area contributed by atoms with Gasteiger partial charge >= 0.3 is 0 Å². The van der Waals surface area contributed by atoms with E-state index in [0.29, 0.717) is 17.5 Å². The number of methoxy groups -OCH3 is 1. The predicted octanol–water partition coefficient (Wildman–Crippen LogP) is 3.29. The fourth-order valence-corrected chi connectivity index (χ4v) is 3.08. The van der Waals surface area contributed by atoms with Crippen LogP contribution in [-0.2, 0) is 6.42 Å². The number of rotatable bonds is 4. The Balaban J connectivity index is 2.15. The lowest BCUT2D eigenvalue weighted by Gasteiger charge is -2.32. The Hall–Kier alpha value is -2.99. The van der Waals surface area contributed by atoms with E-state index in [1.165, 1.54) is 25.3 Å². The molecule has 142 valence electrons. The zero-order chi connectivity index (χ0) is 19.7. The van der Waals surface area contributed by atoms with Gasteiger partial charge in [-0.05, 0) is 38.0 Å². The number of aromatic hydroxyl groups is 2. The summed E-state index contributed by atoms with van der Waals surface area (Å²) < 4.78 is 11.2. The van der Waals surface area contributed by atoms with Crippen molar-refractivity contribution >= 4 is 5.78 Å². The first-order valence-corrected chi connectivity index (χ1v) is 8.57. The number of fused-ring (bicyclic) bond motifs is 1. The molecule has 0 amide bonds. The summed E-state index contributed by atoms with van der Waals surface area (Å²) >= 11 is 0. The maximum Gasteiger partial charge on any atom is 0.202 e. The molecule has 6 heteroatoms. The quantitative estimate of drug-likeness (QED) is 0.715. The van der Waals surface area contributed by atoms with Crippen molar-refractivity contribution in [2.45, 2.75) is 32.5 Å². The molecule has 2 atom stereocenters. The second kappa shape index (κ2) is 7.32. The van der Waals surface area contributed by atoms with Crippen LogP contribution in [0.2, 0.25) is 0 Å². The molecule has 1 aliphatic rings. The summed E-state index contributed by atoms with van der Waals surface area (Å²) in [6, 6.07) is 7.44. The predicted molar refractivity (Wildman–Crippen MR) is 99.6 cm³/mol. The van der Waals surface area contributed by atoms with Gasteiger partial charge in [-0.15, -0.1) is 0 Å². The van der Waals surface area contributed by atoms with Gasteiger partial charge in [-0.1, -0.05) is 23.8 Å².